The fraction of sp³-hybridized carbons (Fsp3) is 0.364. The number of aryl methyl sites for hydroxylation is 2. The molecule has 0 bridgehead atoms. The van der Waals surface area contributed by atoms with Gasteiger partial charge < -0.3 is 10.4 Å². The lowest BCUT2D eigenvalue weighted by Crippen LogP contribution is -2.13. The van der Waals surface area contributed by atoms with Gasteiger partial charge in [0.25, 0.3) is 0 Å². The third-order valence-electron chi connectivity index (χ3n) is 2.61. The number of nitrogens with zero attached hydrogens (tertiary/aromatic N) is 5. The van der Waals surface area contributed by atoms with Gasteiger partial charge in [0.15, 0.2) is 5.69 Å². The number of carboxylic acid groups (broad SMARTS) is 1. The lowest BCUT2D eigenvalue weighted by Gasteiger charge is -2.06. The number of carbonyl (C=O) groups is 1. The number of anilines is 1. The van der Waals surface area contributed by atoms with E-state index in [0.717, 1.165) is 11.3 Å². The minimum absolute atomic E-state index is 0.0672. The standard InChI is InChI=1S/C11H14N6O2/c1-7-5-13-11(14-8(7)2)12-3-4-17-6-9(10(18)19)15-16-17/h5-6H,3-4H2,1-2H3,(H,18,19)(H,12,13,14). The molecule has 19 heavy (non-hydrogen) atoms. The summed E-state index contributed by atoms with van der Waals surface area (Å²) in [7, 11) is 0. The summed E-state index contributed by atoms with van der Waals surface area (Å²) in [6.07, 6.45) is 3.13. The highest BCUT2D eigenvalue weighted by Gasteiger charge is 2.07. The first kappa shape index (κ1) is 12.9. The summed E-state index contributed by atoms with van der Waals surface area (Å²) >= 11 is 0. The second kappa shape index (κ2) is 5.42. The molecule has 0 atom stereocenters. The fourth-order valence-electron chi connectivity index (χ4n) is 1.40. The number of aromatic carboxylic acids is 1. The Morgan fingerprint density at radius 2 is 2.26 bits per heavy atom. The smallest absolute Gasteiger partial charge is 0.358 e. The highest BCUT2D eigenvalue weighted by atomic mass is 16.4. The van der Waals surface area contributed by atoms with Crippen LogP contribution < -0.4 is 5.32 Å². The maximum Gasteiger partial charge on any atom is 0.358 e. The van der Waals surface area contributed by atoms with Crippen molar-refractivity contribution >= 4 is 11.9 Å². The molecule has 2 rings (SSSR count). The van der Waals surface area contributed by atoms with Crippen LogP contribution in [0.25, 0.3) is 0 Å². The van der Waals surface area contributed by atoms with E-state index in [-0.39, 0.29) is 5.69 Å². The third-order valence-corrected chi connectivity index (χ3v) is 2.61. The van der Waals surface area contributed by atoms with E-state index in [0.29, 0.717) is 19.0 Å². The van der Waals surface area contributed by atoms with Gasteiger partial charge >= 0.3 is 5.97 Å². The van der Waals surface area contributed by atoms with Crippen molar-refractivity contribution in [3.05, 3.63) is 29.3 Å². The summed E-state index contributed by atoms with van der Waals surface area (Å²) in [6, 6.07) is 0. The van der Waals surface area contributed by atoms with Crippen molar-refractivity contribution in [2.45, 2.75) is 20.4 Å². The predicted molar refractivity (Wildman–Crippen MR) is 67.0 cm³/mol. The van der Waals surface area contributed by atoms with Crippen molar-refractivity contribution in [1.82, 2.24) is 25.0 Å². The molecule has 0 aliphatic heterocycles. The van der Waals surface area contributed by atoms with Gasteiger partial charge in [0.1, 0.15) is 0 Å². The Balaban J connectivity index is 1.88. The average Bonchev–Trinajstić information content (AvgIpc) is 2.83. The molecule has 0 fully saturated rings. The second-order valence-corrected chi connectivity index (χ2v) is 4.06. The third kappa shape index (κ3) is 3.24. The SMILES string of the molecule is Cc1cnc(NCCn2cc(C(=O)O)nn2)nc1C. The van der Waals surface area contributed by atoms with Gasteiger partial charge in [0, 0.05) is 18.4 Å². The van der Waals surface area contributed by atoms with Crippen LogP contribution in [-0.4, -0.2) is 42.6 Å². The quantitative estimate of drug-likeness (QED) is 0.807. The van der Waals surface area contributed by atoms with Crippen LogP contribution in [0.15, 0.2) is 12.4 Å². The number of hydrogen-bond donors (Lipinski definition) is 2. The molecule has 0 saturated heterocycles. The van der Waals surface area contributed by atoms with Gasteiger partial charge in [-0.05, 0) is 19.4 Å². The first-order valence-corrected chi connectivity index (χ1v) is 5.74. The largest absolute Gasteiger partial charge is 0.476 e. The topological polar surface area (TPSA) is 106 Å². The highest BCUT2D eigenvalue weighted by Crippen LogP contribution is 2.04. The van der Waals surface area contributed by atoms with Gasteiger partial charge in [0.2, 0.25) is 5.95 Å². The summed E-state index contributed by atoms with van der Waals surface area (Å²) in [5, 5.41) is 19.0. The van der Waals surface area contributed by atoms with E-state index in [1.165, 1.54) is 10.9 Å². The number of hydrogen-bond acceptors (Lipinski definition) is 6. The van der Waals surface area contributed by atoms with Crippen LogP contribution in [0.2, 0.25) is 0 Å². The Kier molecular flexibility index (Phi) is 3.69. The van der Waals surface area contributed by atoms with Crippen LogP contribution >= 0.6 is 0 Å². The van der Waals surface area contributed by atoms with Crippen molar-refractivity contribution in [2.24, 2.45) is 0 Å². The van der Waals surface area contributed by atoms with E-state index in [2.05, 4.69) is 25.6 Å². The van der Waals surface area contributed by atoms with Crippen molar-refractivity contribution in [3.8, 4) is 0 Å². The van der Waals surface area contributed by atoms with Gasteiger partial charge in [-0.15, -0.1) is 5.10 Å². The molecular formula is C11H14N6O2. The normalized spacial score (nSPS) is 10.4. The monoisotopic (exact) mass is 262 g/mol. The molecule has 8 nitrogen and oxygen atoms in total. The summed E-state index contributed by atoms with van der Waals surface area (Å²) in [5.74, 6) is -0.543. The molecular weight excluding hydrogens is 248 g/mol. The molecule has 2 aromatic rings. The maximum absolute atomic E-state index is 10.6. The Labute approximate surface area is 109 Å². The molecule has 0 aliphatic carbocycles. The first-order valence-electron chi connectivity index (χ1n) is 5.74. The summed E-state index contributed by atoms with van der Waals surface area (Å²) in [4.78, 5) is 19.0. The number of rotatable bonds is 5. The average molecular weight is 262 g/mol. The fourth-order valence-corrected chi connectivity index (χ4v) is 1.40. The van der Waals surface area contributed by atoms with Gasteiger partial charge in [-0.3, -0.25) is 0 Å². The maximum atomic E-state index is 10.6. The molecule has 0 saturated carbocycles. The van der Waals surface area contributed by atoms with Crippen LogP contribution in [-0.2, 0) is 6.54 Å². The Hall–Kier alpha value is -2.51. The molecule has 2 heterocycles. The minimum atomic E-state index is -1.09. The molecule has 0 aromatic carbocycles. The first-order chi connectivity index (χ1) is 9.06. The molecule has 0 radical (unpaired) electrons. The lowest BCUT2D eigenvalue weighted by molar-refractivity contribution is 0.0690. The van der Waals surface area contributed by atoms with Gasteiger partial charge in [-0.25, -0.2) is 19.4 Å². The summed E-state index contributed by atoms with van der Waals surface area (Å²) in [5.41, 5.74) is 1.89. The zero-order valence-electron chi connectivity index (χ0n) is 10.7. The molecule has 2 N–H and O–H groups in total. The lowest BCUT2D eigenvalue weighted by atomic mass is 10.3. The number of aromatic nitrogens is 5. The zero-order chi connectivity index (χ0) is 13.8. The number of carboxylic acids is 1. The van der Waals surface area contributed by atoms with Crippen molar-refractivity contribution in [2.75, 3.05) is 11.9 Å². The van der Waals surface area contributed by atoms with E-state index in [9.17, 15) is 4.79 Å². The molecule has 100 valence electrons. The van der Waals surface area contributed by atoms with Crippen molar-refractivity contribution in [1.29, 1.82) is 0 Å². The molecule has 0 spiro atoms. The minimum Gasteiger partial charge on any atom is -0.476 e. The van der Waals surface area contributed by atoms with Crippen LogP contribution in [0.1, 0.15) is 21.7 Å². The Morgan fingerprint density at radius 1 is 1.47 bits per heavy atom. The van der Waals surface area contributed by atoms with E-state index < -0.39 is 5.97 Å². The van der Waals surface area contributed by atoms with E-state index >= 15 is 0 Å². The van der Waals surface area contributed by atoms with Gasteiger partial charge in [0.05, 0.1) is 12.7 Å². The summed E-state index contributed by atoms with van der Waals surface area (Å²) in [6.45, 7) is 4.88. The van der Waals surface area contributed by atoms with Crippen LogP contribution in [0.4, 0.5) is 5.95 Å². The van der Waals surface area contributed by atoms with Crippen molar-refractivity contribution < 1.29 is 9.90 Å². The molecule has 0 unspecified atom stereocenters. The highest BCUT2D eigenvalue weighted by molar-refractivity contribution is 5.84. The zero-order valence-corrected chi connectivity index (χ0v) is 10.7. The van der Waals surface area contributed by atoms with Gasteiger partial charge in [-0.1, -0.05) is 5.21 Å². The van der Waals surface area contributed by atoms with Crippen LogP contribution in [0.5, 0.6) is 0 Å². The van der Waals surface area contributed by atoms with E-state index in [1.807, 2.05) is 13.8 Å². The molecule has 2 aromatic heterocycles. The Bertz CT molecular complexity index is 595. The Morgan fingerprint density at radius 3 is 2.89 bits per heavy atom. The molecule has 0 aliphatic rings. The molecule has 0 amide bonds. The van der Waals surface area contributed by atoms with E-state index in [4.69, 9.17) is 5.11 Å². The number of nitrogens with one attached hydrogen (secondary N) is 1. The van der Waals surface area contributed by atoms with Crippen LogP contribution in [0, 0.1) is 13.8 Å². The summed E-state index contributed by atoms with van der Waals surface area (Å²) < 4.78 is 1.46. The molecule has 8 heteroatoms. The van der Waals surface area contributed by atoms with E-state index in [1.54, 1.807) is 6.20 Å². The second-order valence-electron chi connectivity index (χ2n) is 4.06. The van der Waals surface area contributed by atoms with Crippen LogP contribution in [0.3, 0.4) is 0 Å². The predicted octanol–water partition coefficient (Wildman–Crippen LogP) is 0.495. The van der Waals surface area contributed by atoms with Crippen molar-refractivity contribution in [3.63, 3.8) is 0 Å². The van der Waals surface area contributed by atoms with Gasteiger partial charge in [-0.2, -0.15) is 0 Å².